The predicted molar refractivity (Wildman–Crippen MR) is 238 cm³/mol. The number of rotatable bonds is 5. The third-order valence-corrected chi connectivity index (χ3v) is 10.1. The van der Waals surface area contributed by atoms with E-state index in [9.17, 15) is 0 Å². The first-order chi connectivity index (χ1) is 31.4. The number of aromatic nitrogens is 2. The van der Waals surface area contributed by atoms with E-state index in [1.807, 2.05) is 130 Å². The van der Waals surface area contributed by atoms with Crippen molar-refractivity contribution in [2.45, 2.75) is 40.8 Å². The van der Waals surface area contributed by atoms with Crippen molar-refractivity contribution < 1.29 is 40.5 Å². The van der Waals surface area contributed by atoms with E-state index in [-0.39, 0.29) is 37.9 Å². The summed E-state index contributed by atoms with van der Waals surface area (Å²) in [5, 5.41) is 0. The summed E-state index contributed by atoms with van der Waals surface area (Å²) in [7, 11) is 0. The molecule has 2 aliphatic rings. The molecule has 2 aromatic heterocycles. The Morgan fingerprint density at radius 2 is 1.27 bits per heavy atom. The Balaban J connectivity index is 0.000000179. The number of benzene rings is 6. The fourth-order valence-corrected chi connectivity index (χ4v) is 7.55. The molecule has 0 bridgehead atoms. The number of hydrogen-bond donors (Lipinski definition) is 0. The van der Waals surface area contributed by atoms with Gasteiger partial charge in [-0.25, -0.2) is 0 Å². The first-order valence-corrected chi connectivity index (χ1v) is 19.2. The molecular formula is C53H43BIrN2O2-2. The summed E-state index contributed by atoms with van der Waals surface area (Å²) >= 11 is 0. The van der Waals surface area contributed by atoms with Crippen LogP contribution in [0.3, 0.4) is 0 Å². The van der Waals surface area contributed by atoms with E-state index >= 15 is 0 Å². The molecule has 0 fully saturated rings. The first-order valence-electron chi connectivity index (χ1n) is 23.2. The molecule has 10 rings (SSSR count). The summed E-state index contributed by atoms with van der Waals surface area (Å²) in [5.74, 6) is 3.02. The molecule has 59 heavy (non-hydrogen) atoms. The minimum Gasteiger partial charge on any atom is -0.503 e. The molecule has 0 amide bonds. The standard InChI is InChI=1S/C28H23BNO2.C25H20N.Ir/c1-28(2,3)17-18-14-15-30-22(16-18)19-12-13-25-26-27(19)32-24-11-7-5-9-21(24)29(26)20-8-4-6-10-23(20)31-25;1-18-13-14-22(15-23(18)20-9-5-3-6-10-20)25-16-24(19(2)17-26-25)21-11-7-4-8-12-21;/h4-11,13-16H,17H2,1-3H3;3-13,15-17H,1-2H3;/q2*-1;/i17D2;1D3,2D3;. The van der Waals surface area contributed by atoms with E-state index in [1.165, 1.54) is 12.3 Å². The molecule has 0 saturated heterocycles. The number of fused-ring (bicyclic) bond motifs is 4. The summed E-state index contributed by atoms with van der Waals surface area (Å²) < 4.78 is 77.6. The Hall–Kier alpha value is -6.07. The molecule has 6 aromatic carbocycles. The van der Waals surface area contributed by atoms with Crippen molar-refractivity contribution >= 4 is 23.1 Å². The van der Waals surface area contributed by atoms with Gasteiger partial charge in [0, 0.05) is 55.0 Å². The van der Waals surface area contributed by atoms with E-state index in [0.717, 1.165) is 44.8 Å². The van der Waals surface area contributed by atoms with Crippen molar-refractivity contribution in [2.75, 3.05) is 0 Å². The van der Waals surface area contributed by atoms with Gasteiger partial charge >= 0.3 is 0 Å². The average molecular weight is 951 g/mol. The van der Waals surface area contributed by atoms with Crippen LogP contribution in [0.5, 0.6) is 23.0 Å². The fourth-order valence-electron chi connectivity index (χ4n) is 7.55. The monoisotopic (exact) mass is 951 g/mol. The van der Waals surface area contributed by atoms with Gasteiger partial charge in [0.2, 0.25) is 6.71 Å². The Bertz CT molecular complexity index is 2990. The second-order valence-corrected chi connectivity index (χ2v) is 15.3. The summed E-state index contributed by atoms with van der Waals surface area (Å²) in [5.41, 5.74) is 8.63. The molecular weight excluding hydrogens is 900 g/mol. The zero-order chi connectivity index (χ0) is 46.6. The largest absolute Gasteiger partial charge is 0.503 e. The van der Waals surface area contributed by atoms with Crippen LogP contribution in [0, 0.1) is 31.3 Å². The number of ether oxygens (including phenoxy) is 2. The van der Waals surface area contributed by atoms with Crippen LogP contribution in [0.15, 0.2) is 158 Å². The zero-order valence-electron chi connectivity index (χ0n) is 40.6. The summed E-state index contributed by atoms with van der Waals surface area (Å²) in [4.78, 5) is 8.99. The number of para-hydroxylation sites is 2. The van der Waals surface area contributed by atoms with Gasteiger partial charge in [0.1, 0.15) is 11.5 Å². The molecule has 1 radical (unpaired) electrons. The Kier molecular flexibility index (Phi) is 8.73. The van der Waals surface area contributed by atoms with Crippen LogP contribution in [0.1, 0.15) is 48.4 Å². The molecule has 4 heterocycles. The molecule has 4 nitrogen and oxygen atoms in total. The van der Waals surface area contributed by atoms with Gasteiger partial charge in [-0.15, -0.1) is 41.5 Å². The first kappa shape index (κ1) is 30.9. The van der Waals surface area contributed by atoms with E-state index < -0.39 is 25.5 Å². The second-order valence-electron chi connectivity index (χ2n) is 15.3. The van der Waals surface area contributed by atoms with Crippen molar-refractivity contribution in [3.8, 4) is 67.8 Å². The summed E-state index contributed by atoms with van der Waals surface area (Å²) in [6, 6.07) is 51.5. The van der Waals surface area contributed by atoms with Crippen molar-refractivity contribution in [3.63, 3.8) is 0 Å². The molecule has 0 unspecified atom stereocenters. The van der Waals surface area contributed by atoms with Crippen LogP contribution in [0.4, 0.5) is 0 Å². The molecule has 0 spiro atoms. The molecule has 0 aliphatic carbocycles. The van der Waals surface area contributed by atoms with E-state index in [0.29, 0.717) is 45.0 Å². The van der Waals surface area contributed by atoms with Crippen LogP contribution >= 0.6 is 0 Å². The molecule has 0 atom stereocenters. The fraction of sp³-hybridized carbons (Fsp3) is 0.132. The van der Waals surface area contributed by atoms with Gasteiger partial charge in [0.15, 0.2) is 0 Å². The summed E-state index contributed by atoms with van der Waals surface area (Å²) in [6.07, 6.45) is 1.50. The molecule has 8 aromatic rings. The van der Waals surface area contributed by atoms with Crippen LogP contribution in [0.2, 0.25) is 0 Å². The predicted octanol–water partition coefficient (Wildman–Crippen LogP) is 11.4. The number of nitrogens with zero attached hydrogens (tertiary/aromatic N) is 2. The van der Waals surface area contributed by atoms with Crippen LogP contribution < -0.4 is 25.9 Å². The van der Waals surface area contributed by atoms with Crippen LogP contribution in [0.25, 0.3) is 44.8 Å². The maximum absolute atomic E-state index is 8.73. The molecule has 2 aliphatic heterocycles. The smallest absolute Gasteiger partial charge is 0.239 e. The topological polar surface area (TPSA) is 44.2 Å². The van der Waals surface area contributed by atoms with Gasteiger partial charge in [0.05, 0.1) is 0 Å². The number of hydrogen-bond acceptors (Lipinski definition) is 4. The molecule has 6 heteroatoms. The van der Waals surface area contributed by atoms with Gasteiger partial charge in [-0.1, -0.05) is 159 Å². The van der Waals surface area contributed by atoms with Crippen molar-refractivity contribution in [2.24, 2.45) is 5.41 Å². The molecule has 291 valence electrons. The minimum atomic E-state index is -2.32. The normalized spacial score (nSPS) is 14.7. The van der Waals surface area contributed by atoms with Gasteiger partial charge in [-0.2, -0.15) is 0 Å². The van der Waals surface area contributed by atoms with E-state index in [4.69, 9.17) is 20.4 Å². The van der Waals surface area contributed by atoms with Gasteiger partial charge in [-0.05, 0) is 81.4 Å². The van der Waals surface area contributed by atoms with Crippen molar-refractivity contribution in [3.05, 3.63) is 187 Å². The average Bonchev–Trinajstić information content (AvgIpc) is 3.31. The summed E-state index contributed by atoms with van der Waals surface area (Å²) in [6.45, 7) is 1.07. The van der Waals surface area contributed by atoms with E-state index in [1.54, 1.807) is 24.4 Å². The van der Waals surface area contributed by atoms with Gasteiger partial charge in [0.25, 0.3) is 0 Å². The third-order valence-electron chi connectivity index (χ3n) is 10.1. The molecule has 0 saturated carbocycles. The minimum absolute atomic E-state index is 0. The Labute approximate surface area is 373 Å². The molecule has 0 N–H and O–H groups in total. The van der Waals surface area contributed by atoms with Crippen molar-refractivity contribution in [1.29, 1.82) is 0 Å². The van der Waals surface area contributed by atoms with Crippen LogP contribution in [-0.2, 0) is 26.5 Å². The van der Waals surface area contributed by atoms with Crippen LogP contribution in [-0.4, -0.2) is 16.7 Å². The van der Waals surface area contributed by atoms with E-state index in [2.05, 4.69) is 34.2 Å². The second kappa shape index (κ2) is 16.7. The number of pyridine rings is 2. The Morgan fingerprint density at radius 3 is 1.93 bits per heavy atom. The quantitative estimate of drug-likeness (QED) is 0.127. The SMILES string of the molecule is [2H]C([2H])([2H])c1c[c-]c(-c2cc(-c3ccccc3)c(C([2H])([2H])[2H])cn2)cc1-c1ccccc1.[2H]C([2H])(c1ccnc(-c2[c-]cc3c4c2Oc2ccccc2B4c2ccccc2O3)c1)C(C)(C)C.[Ir]. The Morgan fingerprint density at radius 1 is 0.644 bits per heavy atom. The maximum Gasteiger partial charge on any atom is 0.239 e. The maximum atomic E-state index is 8.73. The number of aryl methyl sites for hydroxylation is 2. The van der Waals surface area contributed by atoms with Gasteiger partial charge < -0.3 is 19.4 Å². The third kappa shape index (κ3) is 8.17. The zero-order valence-corrected chi connectivity index (χ0v) is 35.0. The van der Waals surface area contributed by atoms with Crippen molar-refractivity contribution in [1.82, 2.24) is 9.97 Å². The van der Waals surface area contributed by atoms with Gasteiger partial charge in [-0.3, -0.25) is 0 Å².